The predicted molar refractivity (Wildman–Crippen MR) is 94.0 cm³/mol. The average molecular weight is 335 g/mol. The van der Waals surface area contributed by atoms with Crippen LogP contribution < -0.4 is 5.32 Å². The smallest absolute Gasteiger partial charge is 0.323 e. The maximum atomic E-state index is 13.1. The summed E-state index contributed by atoms with van der Waals surface area (Å²) in [5.41, 5.74) is 4.32. The largest absolute Gasteiger partial charge is 0.325 e. The van der Waals surface area contributed by atoms with Gasteiger partial charge in [0, 0.05) is 17.8 Å². The van der Waals surface area contributed by atoms with E-state index in [1.54, 1.807) is 0 Å². The fourth-order valence-electron chi connectivity index (χ4n) is 3.90. The van der Waals surface area contributed by atoms with Gasteiger partial charge < -0.3 is 5.32 Å². The topological polar surface area (TPSA) is 62.3 Å². The highest BCUT2D eigenvalue weighted by atomic mass is 16.2. The Hall–Kier alpha value is -2.69. The number of fused-ring (bicyclic) bond motifs is 1. The summed E-state index contributed by atoms with van der Waals surface area (Å²) < 4.78 is 0. The van der Waals surface area contributed by atoms with Gasteiger partial charge in [0.15, 0.2) is 0 Å². The van der Waals surface area contributed by atoms with E-state index in [9.17, 15) is 9.59 Å². The lowest BCUT2D eigenvalue weighted by atomic mass is 9.78. The van der Waals surface area contributed by atoms with Gasteiger partial charge >= 0.3 is 6.03 Å². The Bertz CT molecular complexity index is 877. The highest BCUT2D eigenvalue weighted by molar-refractivity contribution is 6.07. The van der Waals surface area contributed by atoms with Gasteiger partial charge in [-0.25, -0.2) is 4.79 Å². The second-order valence-corrected chi connectivity index (χ2v) is 7.05. The van der Waals surface area contributed by atoms with Gasteiger partial charge in [-0.1, -0.05) is 30.3 Å². The fourth-order valence-corrected chi connectivity index (χ4v) is 3.90. The van der Waals surface area contributed by atoms with Crippen LogP contribution in [0.2, 0.25) is 0 Å². The number of pyridine rings is 1. The van der Waals surface area contributed by atoms with Gasteiger partial charge in [-0.15, -0.1) is 0 Å². The van der Waals surface area contributed by atoms with Crippen LogP contribution in [0.5, 0.6) is 0 Å². The quantitative estimate of drug-likeness (QED) is 0.858. The summed E-state index contributed by atoms with van der Waals surface area (Å²) in [5, 5.41) is 2.98. The number of aryl methyl sites for hydroxylation is 3. The zero-order chi connectivity index (χ0) is 17.6. The van der Waals surface area contributed by atoms with Crippen LogP contribution in [0, 0.1) is 13.8 Å². The zero-order valence-corrected chi connectivity index (χ0v) is 14.5. The summed E-state index contributed by atoms with van der Waals surface area (Å²) in [7, 11) is 0. The number of nitrogens with one attached hydrogen (secondary N) is 1. The first-order valence-electron chi connectivity index (χ1n) is 8.62. The minimum absolute atomic E-state index is 0.119. The minimum Gasteiger partial charge on any atom is -0.323 e. The van der Waals surface area contributed by atoms with Gasteiger partial charge in [-0.2, -0.15) is 0 Å². The minimum atomic E-state index is -0.794. The molecule has 1 fully saturated rings. The molecule has 1 aromatic heterocycles. The number of hydrogen-bond acceptors (Lipinski definition) is 3. The Morgan fingerprint density at radius 2 is 1.88 bits per heavy atom. The molecule has 128 valence electrons. The Morgan fingerprint density at radius 3 is 2.64 bits per heavy atom. The van der Waals surface area contributed by atoms with E-state index in [-0.39, 0.29) is 18.5 Å². The van der Waals surface area contributed by atoms with Crippen molar-refractivity contribution in [1.29, 1.82) is 0 Å². The molecule has 1 aliphatic carbocycles. The highest BCUT2D eigenvalue weighted by Crippen LogP contribution is 2.34. The maximum absolute atomic E-state index is 13.1. The lowest BCUT2D eigenvalue weighted by molar-refractivity contribution is -0.132. The molecule has 1 atom stereocenters. The first-order valence-corrected chi connectivity index (χ1v) is 8.62. The number of carbonyl (C=O) groups is 2. The molecule has 0 saturated carbocycles. The summed E-state index contributed by atoms with van der Waals surface area (Å²) in [5.74, 6) is -0.119. The number of imide groups is 1. The molecule has 4 rings (SSSR count). The molecule has 2 aromatic rings. The van der Waals surface area contributed by atoms with Crippen molar-refractivity contribution in [3.05, 3.63) is 64.5 Å². The molecule has 0 unspecified atom stereocenters. The van der Waals surface area contributed by atoms with E-state index in [2.05, 4.69) is 16.4 Å². The number of amides is 3. The Morgan fingerprint density at radius 1 is 1.12 bits per heavy atom. The third-order valence-corrected chi connectivity index (χ3v) is 5.34. The molecule has 1 spiro atoms. The van der Waals surface area contributed by atoms with Crippen LogP contribution in [-0.4, -0.2) is 27.4 Å². The van der Waals surface area contributed by atoms with Crippen LogP contribution in [0.15, 0.2) is 36.4 Å². The van der Waals surface area contributed by atoms with E-state index >= 15 is 0 Å². The van der Waals surface area contributed by atoms with Gasteiger partial charge in [0.05, 0.1) is 6.54 Å². The molecular weight excluding hydrogens is 314 g/mol. The van der Waals surface area contributed by atoms with Gasteiger partial charge in [-0.3, -0.25) is 14.7 Å². The van der Waals surface area contributed by atoms with Crippen molar-refractivity contribution in [2.75, 3.05) is 0 Å². The Kier molecular flexibility index (Phi) is 3.60. The van der Waals surface area contributed by atoms with E-state index in [0.717, 1.165) is 28.9 Å². The van der Waals surface area contributed by atoms with Gasteiger partial charge in [0.2, 0.25) is 0 Å². The predicted octanol–water partition coefficient (Wildman–Crippen LogP) is 2.68. The second-order valence-electron chi connectivity index (χ2n) is 7.05. The molecule has 3 amide bonds. The van der Waals surface area contributed by atoms with Crippen molar-refractivity contribution in [3.63, 3.8) is 0 Å². The fraction of sp³-hybridized carbons (Fsp3) is 0.350. The van der Waals surface area contributed by atoms with Crippen LogP contribution in [0.1, 0.15) is 34.5 Å². The highest BCUT2D eigenvalue weighted by Gasteiger charge is 2.52. The van der Waals surface area contributed by atoms with Crippen LogP contribution in [-0.2, 0) is 24.2 Å². The van der Waals surface area contributed by atoms with Crippen LogP contribution in [0.3, 0.4) is 0 Å². The third kappa shape index (κ3) is 2.60. The van der Waals surface area contributed by atoms with E-state index < -0.39 is 5.54 Å². The summed E-state index contributed by atoms with van der Waals surface area (Å²) >= 11 is 0. The van der Waals surface area contributed by atoms with Gasteiger partial charge in [-0.05, 0) is 49.4 Å². The number of urea groups is 1. The van der Waals surface area contributed by atoms with Crippen molar-refractivity contribution in [3.8, 4) is 0 Å². The first kappa shape index (κ1) is 15.8. The van der Waals surface area contributed by atoms with Gasteiger partial charge in [0.1, 0.15) is 5.54 Å². The molecule has 5 nitrogen and oxygen atoms in total. The number of carbonyl (C=O) groups excluding carboxylic acids is 2. The number of rotatable bonds is 2. The molecule has 0 radical (unpaired) electrons. The van der Waals surface area contributed by atoms with E-state index in [0.29, 0.717) is 12.8 Å². The standard InChI is InChI=1S/C20H21N3O2/c1-13-7-8-17(14(2)21-13)12-23-18(24)20(22-19(23)25)10-9-15-5-3-4-6-16(15)11-20/h3-8H,9-12H2,1-2H3,(H,22,25)/t20-/m1/s1. The monoisotopic (exact) mass is 335 g/mol. The lowest BCUT2D eigenvalue weighted by Crippen LogP contribution is -2.51. The van der Waals surface area contributed by atoms with Crippen molar-refractivity contribution in [2.24, 2.45) is 0 Å². The van der Waals surface area contributed by atoms with Gasteiger partial charge in [0.25, 0.3) is 5.91 Å². The molecule has 2 heterocycles. The molecule has 25 heavy (non-hydrogen) atoms. The summed E-state index contributed by atoms with van der Waals surface area (Å²) in [6.07, 6.45) is 2.02. The van der Waals surface area contributed by atoms with Crippen molar-refractivity contribution >= 4 is 11.9 Å². The number of aromatic nitrogens is 1. The molecular formula is C20H21N3O2. The zero-order valence-electron chi connectivity index (χ0n) is 14.5. The summed E-state index contributed by atoms with van der Waals surface area (Å²) in [6.45, 7) is 4.11. The average Bonchev–Trinajstić information content (AvgIpc) is 2.81. The van der Waals surface area contributed by atoms with E-state index in [1.807, 2.05) is 44.2 Å². The normalized spacial score (nSPS) is 22.2. The number of hydrogen-bond donors (Lipinski definition) is 1. The van der Waals surface area contributed by atoms with Crippen molar-refractivity contribution in [2.45, 2.75) is 45.2 Å². The van der Waals surface area contributed by atoms with Crippen LogP contribution in [0.4, 0.5) is 4.79 Å². The van der Waals surface area contributed by atoms with E-state index in [4.69, 9.17) is 0 Å². The molecule has 0 bridgehead atoms. The molecule has 1 aromatic carbocycles. The maximum Gasteiger partial charge on any atom is 0.325 e. The van der Waals surface area contributed by atoms with E-state index in [1.165, 1.54) is 10.5 Å². The molecule has 1 aliphatic heterocycles. The van der Waals surface area contributed by atoms with Crippen LogP contribution >= 0.6 is 0 Å². The first-order chi connectivity index (χ1) is 12.0. The Balaban J connectivity index is 1.61. The second kappa shape index (κ2) is 5.69. The SMILES string of the molecule is Cc1ccc(CN2C(=O)N[C@@]3(CCc4ccccc4C3)C2=O)c(C)n1. The molecule has 2 aliphatic rings. The molecule has 1 N–H and O–H groups in total. The lowest BCUT2D eigenvalue weighted by Gasteiger charge is -2.32. The Labute approximate surface area is 147 Å². The third-order valence-electron chi connectivity index (χ3n) is 5.34. The summed E-state index contributed by atoms with van der Waals surface area (Å²) in [6, 6.07) is 11.7. The molecule has 1 saturated heterocycles. The number of benzene rings is 1. The summed E-state index contributed by atoms with van der Waals surface area (Å²) in [4.78, 5) is 31.4. The van der Waals surface area contributed by atoms with Crippen molar-refractivity contribution in [1.82, 2.24) is 15.2 Å². The number of nitrogens with zero attached hydrogens (tertiary/aromatic N) is 2. The van der Waals surface area contributed by atoms with Crippen LogP contribution in [0.25, 0.3) is 0 Å². The molecule has 5 heteroatoms. The van der Waals surface area contributed by atoms with Crippen molar-refractivity contribution < 1.29 is 9.59 Å².